The zero-order chi connectivity index (χ0) is 13.7. The molecule has 0 bridgehead atoms. The van der Waals surface area contributed by atoms with Gasteiger partial charge in [-0.1, -0.05) is 37.8 Å². The van der Waals surface area contributed by atoms with Crippen molar-refractivity contribution in [3.63, 3.8) is 0 Å². The van der Waals surface area contributed by atoms with Crippen LogP contribution in [0.2, 0.25) is 0 Å². The third-order valence-electron chi connectivity index (χ3n) is 3.73. The van der Waals surface area contributed by atoms with Crippen LogP contribution in [0.4, 0.5) is 0 Å². The molecule has 0 heterocycles. The first kappa shape index (κ1) is 14.8. The van der Waals surface area contributed by atoms with E-state index in [0.717, 1.165) is 29.3 Å². The lowest BCUT2D eigenvalue weighted by molar-refractivity contribution is 0.0246. The first-order chi connectivity index (χ1) is 9.11. The molecule has 0 aliphatic heterocycles. The van der Waals surface area contributed by atoms with Crippen LogP contribution in [0.5, 0.6) is 0 Å². The van der Waals surface area contributed by atoms with E-state index in [-0.39, 0.29) is 5.91 Å². The summed E-state index contributed by atoms with van der Waals surface area (Å²) in [5.74, 6) is -0.0947. The Morgan fingerprint density at radius 1 is 1.21 bits per heavy atom. The van der Waals surface area contributed by atoms with E-state index in [4.69, 9.17) is 0 Å². The number of nitrogens with one attached hydrogen (secondary N) is 1. The van der Waals surface area contributed by atoms with Crippen molar-refractivity contribution < 1.29 is 9.90 Å². The molecule has 0 aromatic heterocycles. The summed E-state index contributed by atoms with van der Waals surface area (Å²) in [5, 5.41) is 13.4. The van der Waals surface area contributed by atoms with Gasteiger partial charge in [-0.25, -0.2) is 0 Å². The average Bonchev–Trinajstić information content (AvgIpc) is 2.62. The Morgan fingerprint density at radius 2 is 1.84 bits per heavy atom. The van der Waals surface area contributed by atoms with Crippen LogP contribution in [0.15, 0.2) is 24.3 Å². The number of benzene rings is 1. The number of amides is 1. The molecule has 0 atom stereocenters. The van der Waals surface area contributed by atoms with E-state index >= 15 is 0 Å². The Labute approximate surface area is 127 Å². The van der Waals surface area contributed by atoms with Crippen LogP contribution in [0.25, 0.3) is 0 Å². The Bertz CT molecular complexity index is 440. The standard InChI is InChI=1S/C15H20INO2/c16-13-8-4-3-7-12(13)14(18)17-11-15(19)9-5-1-2-6-10-15/h3-4,7-8,19H,1-2,5-6,9-11H2,(H,17,18). The van der Waals surface area contributed by atoms with E-state index in [2.05, 4.69) is 27.9 Å². The maximum absolute atomic E-state index is 12.1. The van der Waals surface area contributed by atoms with E-state index in [1.54, 1.807) is 0 Å². The van der Waals surface area contributed by atoms with Crippen LogP contribution < -0.4 is 5.32 Å². The van der Waals surface area contributed by atoms with Gasteiger partial charge in [-0.2, -0.15) is 0 Å². The van der Waals surface area contributed by atoms with Crippen molar-refractivity contribution in [3.05, 3.63) is 33.4 Å². The minimum atomic E-state index is -0.716. The smallest absolute Gasteiger partial charge is 0.252 e. The van der Waals surface area contributed by atoms with Crippen molar-refractivity contribution in [3.8, 4) is 0 Å². The number of hydrogen-bond acceptors (Lipinski definition) is 2. The zero-order valence-corrected chi connectivity index (χ0v) is 13.2. The Balaban J connectivity index is 1.94. The highest BCUT2D eigenvalue weighted by Crippen LogP contribution is 2.26. The van der Waals surface area contributed by atoms with Crippen molar-refractivity contribution >= 4 is 28.5 Å². The lowest BCUT2D eigenvalue weighted by atomic mass is 9.94. The third kappa shape index (κ3) is 4.18. The van der Waals surface area contributed by atoms with E-state index in [9.17, 15) is 9.90 Å². The van der Waals surface area contributed by atoms with Gasteiger partial charge < -0.3 is 10.4 Å². The maximum Gasteiger partial charge on any atom is 0.252 e. The summed E-state index contributed by atoms with van der Waals surface area (Å²) in [7, 11) is 0. The first-order valence-electron chi connectivity index (χ1n) is 6.86. The summed E-state index contributed by atoms with van der Waals surface area (Å²) in [5.41, 5.74) is -0.0350. The minimum Gasteiger partial charge on any atom is -0.388 e. The van der Waals surface area contributed by atoms with Crippen LogP contribution in [-0.2, 0) is 0 Å². The molecule has 2 rings (SSSR count). The van der Waals surface area contributed by atoms with Gasteiger partial charge in [0.05, 0.1) is 11.2 Å². The summed E-state index contributed by atoms with van der Waals surface area (Å²) in [6, 6.07) is 7.50. The Kier molecular flexibility index (Phi) is 5.21. The predicted molar refractivity (Wildman–Crippen MR) is 84.1 cm³/mol. The average molecular weight is 373 g/mol. The van der Waals surface area contributed by atoms with Gasteiger partial charge in [0, 0.05) is 10.1 Å². The number of carbonyl (C=O) groups is 1. The molecule has 1 aromatic rings. The quantitative estimate of drug-likeness (QED) is 0.632. The zero-order valence-electron chi connectivity index (χ0n) is 11.0. The van der Waals surface area contributed by atoms with Gasteiger partial charge in [-0.3, -0.25) is 4.79 Å². The van der Waals surface area contributed by atoms with Crippen LogP contribution in [0.1, 0.15) is 48.9 Å². The van der Waals surface area contributed by atoms with Crippen molar-refractivity contribution in [2.24, 2.45) is 0 Å². The second-order valence-corrected chi connectivity index (χ2v) is 6.46. The second kappa shape index (κ2) is 6.70. The normalized spacial score (nSPS) is 18.6. The molecule has 2 N–H and O–H groups in total. The first-order valence-corrected chi connectivity index (χ1v) is 7.94. The SMILES string of the molecule is O=C(NCC1(O)CCCCCC1)c1ccccc1I. The molecule has 0 saturated heterocycles. The molecule has 1 aliphatic rings. The summed E-state index contributed by atoms with van der Waals surface area (Å²) in [6.07, 6.45) is 6.06. The number of hydrogen-bond donors (Lipinski definition) is 2. The topological polar surface area (TPSA) is 49.3 Å². The summed E-state index contributed by atoms with van der Waals surface area (Å²) < 4.78 is 0.936. The van der Waals surface area contributed by atoms with Crippen LogP contribution in [-0.4, -0.2) is 23.2 Å². The van der Waals surface area contributed by atoms with E-state index in [0.29, 0.717) is 12.1 Å². The molecule has 1 aliphatic carbocycles. The van der Waals surface area contributed by atoms with Crippen LogP contribution in [0.3, 0.4) is 0 Å². The molecule has 0 spiro atoms. The molecule has 0 unspecified atom stereocenters. The van der Waals surface area contributed by atoms with Gasteiger partial charge >= 0.3 is 0 Å². The largest absolute Gasteiger partial charge is 0.388 e. The van der Waals surface area contributed by atoms with E-state index in [1.807, 2.05) is 24.3 Å². The molecule has 19 heavy (non-hydrogen) atoms. The summed E-state index contributed by atoms with van der Waals surface area (Å²) in [6.45, 7) is 0.358. The molecule has 4 heteroatoms. The minimum absolute atomic E-state index is 0.0947. The van der Waals surface area contributed by atoms with Crippen molar-refractivity contribution in [1.29, 1.82) is 0 Å². The highest BCUT2D eigenvalue weighted by Gasteiger charge is 2.28. The maximum atomic E-state index is 12.1. The molecular formula is C15H20INO2. The molecule has 1 saturated carbocycles. The Morgan fingerprint density at radius 3 is 2.47 bits per heavy atom. The summed E-state index contributed by atoms with van der Waals surface area (Å²) >= 11 is 2.16. The number of aliphatic hydroxyl groups is 1. The molecule has 3 nitrogen and oxygen atoms in total. The van der Waals surface area contributed by atoms with Gasteiger partial charge in [-0.15, -0.1) is 0 Å². The summed E-state index contributed by atoms with van der Waals surface area (Å²) in [4.78, 5) is 12.1. The lowest BCUT2D eigenvalue weighted by Gasteiger charge is -2.26. The molecule has 1 amide bonds. The third-order valence-corrected chi connectivity index (χ3v) is 4.67. The fourth-order valence-corrected chi connectivity index (χ4v) is 3.18. The molecular weight excluding hydrogens is 353 g/mol. The predicted octanol–water partition coefficient (Wildman–Crippen LogP) is 3.11. The van der Waals surface area contributed by atoms with Crippen molar-refractivity contribution in [1.82, 2.24) is 5.32 Å². The second-order valence-electron chi connectivity index (χ2n) is 5.30. The molecule has 104 valence electrons. The van der Waals surface area contributed by atoms with Crippen LogP contribution in [0, 0.1) is 3.57 Å². The lowest BCUT2D eigenvalue weighted by Crippen LogP contribution is -2.42. The van der Waals surface area contributed by atoms with E-state index in [1.165, 1.54) is 12.8 Å². The molecule has 1 aromatic carbocycles. The number of halogens is 1. The molecule has 1 fully saturated rings. The monoisotopic (exact) mass is 373 g/mol. The van der Waals surface area contributed by atoms with Crippen molar-refractivity contribution in [2.75, 3.05) is 6.54 Å². The molecule has 0 radical (unpaired) electrons. The van der Waals surface area contributed by atoms with Gasteiger partial charge in [0.15, 0.2) is 0 Å². The van der Waals surface area contributed by atoms with Crippen LogP contribution >= 0.6 is 22.6 Å². The fourth-order valence-electron chi connectivity index (χ4n) is 2.55. The Hall–Kier alpha value is -0.620. The highest BCUT2D eigenvalue weighted by atomic mass is 127. The fraction of sp³-hybridized carbons (Fsp3) is 0.533. The van der Waals surface area contributed by atoms with Gasteiger partial charge in [0.25, 0.3) is 5.91 Å². The van der Waals surface area contributed by atoms with Gasteiger partial charge in [0.2, 0.25) is 0 Å². The highest BCUT2D eigenvalue weighted by molar-refractivity contribution is 14.1. The van der Waals surface area contributed by atoms with Gasteiger partial charge in [-0.05, 0) is 47.6 Å². The van der Waals surface area contributed by atoms with Crippen molar-refractivity contribution in [2.45, 2.75) is 44.1 Å². The number of rotatable bonds is 3. The van der Waals surface area contributed by atoms with E-state index < -0.39 is 5.60 Å². The number of carbonyl (C=O) groups excluding carboxylic acids is 1. The van der Waals surface area contributed by atoms with Gasteiger partial charge in [0.1, 0.15) is 0 Å².